The fourth-order valence-corrected chi connectivity index (χ4v) is 5.55. The van der Waals surface area contributed by atoms with E-state index in [4.69, 9.17) is 4.74 Å². The highest BCUT2D eigenvalue weighted by molar-refractivity contribution is 5.90. The Hall–Kier alpha value is -3.43. The molecule has 0 aromatic heterocycles. The molecule has 2 aliphatic rings. The summed E-state index contributed by atoms with van der Waals surface area (Å²) in [7, 11) is 0. The first-order valence-corrected chi connectivity index (χ1v) is 15.5. The Labute approximate surface area is 261 Å². The molecule has 3 nitrogen and oxygen atoms in total. The number of fused-ring (bicyclic) bond motifs is 2. The van der Waals surface area contributed by atoms with Crippen molar-refractivity contribution in [1.29, 1.82) is 0 Å². The van der Waals surface area contributed by atoms with Gasteiger partial charge in [0, 0.05) is 11.8 Å². The monoisotopic (exact) mass is 582 g/mol. The Kier molecular flexibility index (Phi) is 13.7. The SMILES string of the molecule is CC(C=CC=C(C)C=CC=C(C)CC(O)=CC(C)C)=CC=CC=C(C)C=CC=C(C)C=CC12OC(CC1(C)C)C(=O)C2C. The average Bonchev–Trinajstić information content (AvgIpc) is 3.32. The summed E-state index contributed by atoms with van der Waals surface area (Å²) in [5.41, 5.74) is 5.17. The topological polar surface area (TPSA) is 46.5 Å². The molecule has 3 atom stereocenters. The number of ether oxygens (including phenoxy) is 1. The van der Waals surface area contributed by atoms with Gasteiger partial charge in [-0.3, -0.25) is 4.79 Å². The zero-order chi connectivity index (χ0) is 32.2. The summed E-state index contributed by atoms with van der Waals surface area (Å²) in [6.45, 7) is 20.9. The van der Waals surface area contributed by atoms with E-state index in [1.807, 2.05) is 44.2 Å². The van der Waals surface area contributed by atoms with Gasteiger partial charge in [-0.25, -0.2) is 0 Å². The van der Waals surface area contributed by atoms with Gasteiger partial charge in [-0.05, 0) is 53.0 Å². The molecule has 2 saturated heterocycles. The van der Waals surface area contributed by atoms with Gasteiger partial charge in [-0.2, -0.15) is 0 Å². The number of hydrogen-bond donors (Lipinski definition) is 1. The molecule has 0 aliphatic carbocycles. The molecule has 2 rings (SSSR count). The number of ketones is 1. The third-order valence-electron chi connectivity index (χ3n) is 8.06. The lowest BCUT2D eigenvalue weighted by molar-refractivity contribution is -0.125. The van der Waals surface area contributed by atoms with Crippen molar-refractivity contribution in [2.24, 2.45) is 17.3 Å². The van der Waals surface area contributed by atoms with Gasteiger partial charge in [0.25, 0.3) is 0 Å². The van der Waals surface area contributed by atoms with Gasteiger partial charge >= 0.3 is 0 Å². The molecule has 2 fully saturated rings. The van der Waals surface area contributed by atoms with Crippen LogP contribution >= 0.6 is 0 Å². The fourth-order valence-electron chi connectivity index (χ4n) is 5.55. The lowest BCUT2D eigenvalue weighted by atomic mass is 9.62. The number of hydrogen-bond acceptors (Lipinski definition) is 3. The van der Waals surface area contributed by atoms with Crippen LogP contribution in [0.5, 0.6) is 0 Å². The van der Waals surface area contributed by atoms with Crippen molar-refractivity contribution < 1.29 is 14.6 Å². The van der Waals surface area contributed by atoms with E-state index in [-0.39, 0.29) is 23.2 Å². The summed E-state index contributed by atoms with van der Waals surface area (Å²) < 4.78 is 6.21. The smallest absolute Gasteiger partial charge is 0.167 e. The van der Waals surface area contributed by atoms with Crippen LogP contribution in [0.1, 0.15) is 82.1 Å². The van der Waals surface area contributed by atoms with E-state index in [0.29, 0.717) is 18.1 Å². The predicted octanol–water partition coefficient (Wildman–Crippen LogP) is 10.8. The van der Waals surface area contributed by atoms with E-state index < -0.39 is 5.60 Å². The predicted molar refractivity (Wildman–Crippen MR) is 185 cm³/mol. The molecule has 0 radical (unpaired) electrons. The number of carbonyl (C=O) groups excluding carboxylic acids is 1. The third kappa shape index (κ3) is 11.0. The summed E-state index contributed by atoms with van der Waals surface area (Å²) in [6, 6.07) is 0. The summed E-state index contributed by atoms with van der Waals surface area (Å²) in [6.07, 6.45) is 34.1. The van der Waals surface area contributed by atoms with Crippen LogP contribution in [0, 0.1) is 17.3 Å². The molecule has 1 N–H and O–H groups in total. The van der Waals surface area contributed by atoms with Crippen molar-refractivity contribution >= 4 is 5.78 Å². The summed E-state index contributed by atoms with van der Waals surface area (Å²) in [5, 5.41) is 9.95. The highest BCUT2D eigenvalue weighted by Crippen LogP contribution is 2.57. The quantitative estimate of drug-likeness (QED) is 0.174. The first-order valence-electron chi connectivity index (χ1n) is 15.5. The third-order valence-corrected chi connectivity index (χ3v) is 8.06. The van der Waals surface area contributed by atoms with E-state index >= 15 is 0 Å². The average molecular weight is 583 g/mol. The van der Waals surface area contributed by atoms with Crippen LogP contribution in [-0.4, -0.2) is 22.6 Å². The van der Waals surface area contributed by atoms with Gasteiger partial charge < -0.3 is 9.84 Å². The fraction of sp³-hybridized carbons (Fsp3) is 0.425. The number of aliphatic hydroxyl groups excluding tert-OH is 1. The molecule has 0 aromatic rings. The largest absolute Gasteiger partial charge is 0.512 e. The van der Waals surface area contributed by atoms with Crippen LogP contribution in [0.15, 0.2) is 131 Å². The van der Waals surface area contributed by atoms with Crippen LogP contribution in [0.3, 0.4) is 0 Å². The minimum Gasteiger partial charge on any atom is -0.512 e. The van der Waals surface area contributed by atoms with Gasteiger partial charge in [0.1, 0.15) is 11.7 Å². The van der Waals surface area contributed by atoms with E-state index in [2.05, 4.69) is 122 Å². The second-order valence-electron chi connectivity index (χ2n) is 13.1. The normalized spacial score (nSPS) is 26.3. The Morgan fingerprint density at radius 3 is 1.77 bits per heavy atom. The minimum absolute atomic E-state index is 0.0483. The van der Waals surface area contributed by atoms with Crippen LogP contribution in [0.25, 0.3) is 0 Å². The van der Waals surface area contributed by atoms with E-state index in [9.17, 15) is 9.90 Å². The Morgan fingerprint density at radius 2 is 1.28 bits per heavy atom. The van der Waals surface area contributed by atoms with Crippen molar-refractivity contribution in [3.63, 3.8) is 0 Å². The lowest BCUT2D eigenvalue weighted by Crippen LogP contribution is -2.47. The van der Waals surface area contributed by atoms with Crippen molar-refractivity contribution in [3.8, 4) is 0 Å². The second-order valence-corrected chi connectivity index (χ2v) is 13.1. The maximum absolute atomic E-state index is 12.4. The highest BCUT2D eigenvalue weighted by Gasteiger charge is 2.65. The number of Topliss-reactive ketones (excluding diaryl/α,β-unsaturated/α-hetero) is 1. The van der Waals surface area contributed by atoms with Gasteiger partial charge in [0.15, 0.2) is 5.78 Å². The van der Waals surface area contributed by atoms with Crippen LogP contribution in [0.2, 0.25) is 0 Å². The first-order chi connectivity index (χ1) is 20.2. The molecule has 0 amide bonds. The molecule has 2 aliphatic heterocycles. The minimum atomic E-state index is -0.505. The molecule has 0 aromatic carbocycles. The molecule has 232 valence electrons. The highest BCUT2D eigenvalue weighted by atomic mass is 16.5. The molecule has 43 heavy (non-hydrogen) atoms. The van der Waals surface area contributed by atoms with E-state index in [1.54, 1.807) is 0 Å². The molecule has 3 heteroatoms. The van der Waals surface area contributed by atoms with Crippen molar-refractivity contribution in [1.82, 2.24) is 0 Å². The molecule has 2 bridgehead atoms. The zero-order valence-electron chi connectivity index (χ0n) is 28.1. The van der Waals surface area contributed by atoms with Crippen molar-refractivity contribution in [2.45, 2.75) is 93.8 Å². The molecule has 0 spiro atoms. The van der Waals surface area contributed by atoms with E-state index in [1.165, 1.54) is 0 Å². The number of carbonyl (C=O) groups is 1. The molecular weight excluding hydrogens is 528 g/mol. The van der Waals surface area contributed by atoms with Gasteiger partial charge in [0.05, 0.1) is 11.7 Å². The second kappa shape index (κ2) is 16.4. The Morgan fingerprint density at radius 1 is 0.814 bits per heavy atom. The van der Waals surface area contributed by atoms with Crippen molar-refractivity contribution in [2.75, 3.05) is 0 Å². The van der Waals surface area contributed by atoms with Crippen molar-refractivity contribution in [3.05, 3.63) is 131 Å². The van der Waals surface area contributed by atoms with E-state index in [0.717, 1.165) is 34.3 Å². The maximum Gasteiger partial charge on any atom is 0.167 e. The number of rotatable bonds is 13. The Balaban J connectivity index is 1.86. The summed E-state index contributed by atoms with van der Waals surface area (Å²) in [4.78, 5) is 12.4. The molecule has 0 saturated carbocycles. The van der Waals surface area contributed by atoms with Gasteiger partial charge in [-0.1, -0.05) is 154 Å². The van der Waals surface area contributed by atoms with Gasteiger partial charge in [0.2, 0.25) is 0 Å². The standard InChI is InChI=1S/C40H54O3/c1-29(2)26-36(41)27-34(7)23-15-21-32(5)20-13-18-30(3)16-11-12-17-31(4)19-14-22-33(6)24-25-40-35(8)38(42)37(43-40)28-39(40,9)10/h11-26,29,35,37,41H,27-28H2,1-10H3. The Bertz CT molecular complexity index is 1330. The number of allylic oxidation sites excluding steroid dienone is 20. The van der Waals surface area contributed by atoms with Crippen LogP contribution < -0.4 is 0 Å². The van der Waals surface area contributed by atoms with Crippen LogP contribution in [0.4, 0.5) is 0 Å². The molecule has 3 unspecified atom stereocenters. The number of aliphatic hydroxyl groups is 1. The van der Waals surface area contributed by atoms with Crippen LogP contribution in [-0.2, 0) is 9.53 Å². The zero-order valence-corrected chi connectivity index (χ0v) is 28.1. The first kappa shape index (κ1) is 35.8. The summed E-state index contributed by atoms with van der Waals surface area (Å²) >= 11 is 0. The maximum atomic E-state index is 12.4. The lowest BCUT2D eigenvalue weighted by Gasteiger charge is -2.40. The van der Waals surface area contributed by atoms with Gasteiger partial charge in [-0.15, -0.1) is 0 Å². The summed E-state index contributed by atoms with van der Waals surface area (Å²) in [5.74, 6) is 0.912. The molecular formula is C40H54O3. The molecule has 2 heterocycles.